The third-order valence-electron chi connectivity index (χ3n) is 4.63. The third kappa shape index (κ3) is 4.10. The van der Waals surface area contributed by atoms with Crippen molar-refractivity contribution in [1.29, 1.82) is 0 Å². The number of aromatic hydroxyl groups is 1. The van der Waals surface area contributed by atoms with Crippen molar-refractivity contribution in [3.63, 3.8) is 0 Å². The lowest BCUT2D eigenvalue weighted by molar-refractivity contribution is 0.414. The summed E-state index contributed by atoms with van der Waals surface area (Å²) in [6, 6.07) is 13.7. The van der Waals surface area contributed by atoms with E-state index in [1.165, 1.54) is 13.3 Å². The smallest absolute Gasteiger partial charge is 0.169 e. The van der Waals surface area contributed by atoms with Gasteiger partial charge >= 0.3 is 0 Å². The standard InChI is InChI=1S/C22H16Cl3N3O2/c1-30-18-10-16(25)11-27-22(18)28-19(13-7-14(23)9-15(24)8-13)17-5-4-12-3-2-6-26-20(12)21(17)29/h2-11,19,29H,1H3,(H,27,28). The molecule has 0 saturated heterocycles. The van der Waals surface area contributed by atoms with Crippen molar-refractivity contribution in [3.8, 4) is 11.5 Å². The molecule has 0 amide bonds. The molecule has 8 heteroatoms. The largest absolute Gasteiger partial charge is 0.505 e. The minimum atomic E-state index is -0.546. The summed E-state index contributed by atoms with van der Waals surface area (Å²) in [6.07, 6.45) is 3.14. The van der Waals surface area contributed by atoms with E-state index >= 15 is 0 Å². The van der Waals surface area contributed by atoms with Crippen LogP contribution in [0.25, 0.3) is 10.9 Å². The van der Waals surface area contributed by atoms with Crippen molar-refractivity contribution in [2.24, 2.45) is 0 Å². The molecule has 0 fully saturated rings. The summed E-state index contributed by atoms with van der Waals surface area (Å²) in [5.41, 5.74) is 1.81. The SMILES string of the molecule is COc1cc(Cl)cnc1NC(c1cc(Cl)cc(Cl)c1)c1ccc2cccnc2c1O. The number of hydrogen-bond donors (Lipinski definition) is 2. The van der Waals surface area contributed by atoms with Crippen molar-refractivity contribution in [2.75, 3.05) is 12.4 Å². The number of ether oxygens (including phenoxy) is 1. The van der Waals surface area contributed by atoms with E-state index in [0.717, 1.165) is 10.9 Å². The number of phenols is 1. The number of nitrogens with zero attached hydrogens (tertiary/aromatic N) is 2. The van der Waals surface area contributed by atoms with E-state index in [-0.39, 0.29) is 5.75 Å². The van der Waals surface area contributed by atoms with Gasteiger partial charge in [-0.25, -0.2) is 4.98 Å². The average molecular weight is 461 g/mol. The molecule has 0 aliphatic carbocycles. The van der Waals surface area contributed by atoms with E-state index in [4.69, 9.17) is 39.5 Å². The molecular formula is C22H16Cl3N3O2. The summed E-state index contributed by atoms with van der Waals surface area (Å²) >= 11 is 18.6. The zero-order valence-electron chi connectivity index (χ0n) is 15.7. The fourth-order valence-corrected chi connectivity index (χ4v) is 3.97. The first-order chi connectivity index (χ1) is 14.5. The van der Waals surface area contributed by atoms with Crippen molar-refractivity contribution in [2.45, 2.75) is 6.04 Å². The van der Waals surface area contributed by atoms with Crippen LogP contribution in [0, 0.1) is 0 Å². The van der Waals surface area contributed by atoms with Gasteiger partial charge in [0, 0.05) is 39.5 Å². The maximum Gasteiger partial charge on any atom is 0.169 e. The van der Waals surface area contributed by atoms with E-state index in [1.54, 1.807) is 30.5 Å². The first kappa shape index (κ1) is 20.5. The normalized spacial score (nSPS) is 12.0. The highest BCUT2D eigenvalue weighted by atomic mass is 35.5. The number of rotatable bonds is 5. The van der Waals surface area contributed by atoms with Gasteiger partial charge in [-0.1, -0.05) is 53.0 Å². The van der Waals surface area contributed by atoms with E-state index in [0.29, 0.717) is 37.7 Å². The van der Waals surface area contributed by atoms with Gasteiger partial charge in [0.2, 0.25) is 0 Å². The number of benzene rings is 2. The Morgan fingerprint density at radius 2 is 1.73 bits per heavy atom. The number of nitrogens with one attached hydrogen (secondary N) is 1. The van der Waals surface area contributed by atoms with E-state index in [9.17, 15) is 5.11 Å². The Morgan fingerprint density at radius 3 is 2.47 bits per heavy atom. The van der Waals surface area contributed by atoms with Gasteiger partial charge in [0.15, 0.2) is 11.6 Å². The molecule has 0 spiro atoms. The van der Waals surface area contributed by atoms with Crippen molar-refractivity contribution in [1.82, 2.24) is 9.97 Å². The van der Waals surface area contributed by atoms with Gasteiger partial charge in [-0.15, -0.1) is 0 Å². The summed E-state index contributed by atoms with van der Waals surface area (Å²) in [7, 11) is 1.53. The summed E-state index contributed by atoms with van der Waals surface area (Å²) in [6.45, 7) is 0. The Bertz CT molecular complexity index is 1210. The predicted octanol–water partition coefficient (Wildman–Crippen LogP) is 6.51. The fourth-order valence-electron chi connectivity index (χ4n) is 3.28. The van der Waals surface area contributed by atoms with Crippen LogP contribution < -0.4 is 10.1 Å². The topological polar surface area (TPSA) is 67.3 Å². The van der Waals surface area contributed by atoms with Crippen LogP contribution in [0.2, 0.25) is 15.1 Å². The van der Waals surface area contributed by atoms with E-state index < -0.39 is 6.04 Å². The lowest BCUT2D eigenvalue weighted by Crippen LogP contribution is -2.14. The van der Waals surface area contributed by atoms with Gasteiger partial charge in [0.25, 0.3) is 0 Å². The Labute approximate surface area is 188 Å². The van der Waals surface area contributed by atoms with Crippen molar-refractivity contribution in [3.05, 3.63) is 87.1 Å². The number of anilines is 1. The molecule has 2 heterocycles. The Morgan fingerprint density at radius 1 is 0.967 bits per heavy atom. The minimum Gasteiger partial charge on any atom is -0.505 e. The second-order valence-electron chi connectivity index (χ2n) is 6.56. The molecule has 5 nitrogen and oxygen atoms in total. The Balaban J connectivity index is 1.89. The molecule has 0 bridgehead atoms. The molecule has 0 saturated carbocycles. The molecule has 4 rings (SSSR count). The molecule has 30 heavy (non-hydrogen) atoms. The lowest BCUT2D eigenvalue weighted by atomic mass is 9.96. The molecule has 0 aliphatic rings. The molecule has 2 aromatic heterocycles. The monoisotopic (exact) mass is 459 g/mol. The zero-order valence-corrected chi connectivity index (χ0v) is 18.0. The van der Waals surface area contributed by atoms with E-state index in [1.807, 2.05) is 24.3 Å². The van der Waals surface area contributed by atoms with Gasteiger partial charge in [-0.05, 0) is 29.8 Å². The molecule has 2 N–H and O–H groups in total. The summed E-state index contributed by atoms with van der Waals surface area (Å²) < 4.78 is 5.41. The Kier molecular flexibility index (Phi) is 5.86. The average Bonchev–Trinajstić information content (AvgIpc) is 2.73. The van der Waals surface area contributed by atoms with Crippen LogP contribution in [-0.4, -0.2) is 22.2 Å². The zero-order chi connectivity index (χ0) is 21.3. The number of methoxy groups -OCH3 is 1. The quantitative estimate of drug-likeness (QED) is 0.355. The van der Waals surface area contributed by atoms with Crippen molar-refractivity contribution < 1.29 is 9.84 Å². The van der Waals surface area contributed by atoms with Crippen molar-refractivity contribution >= 4 is 51.5 Å². The van der Waals surface area contributed by atoms with Gasteiger partial charge in [-0.2, -0.15) is 0 Å². The van der Waals surface area contributed by atoms with Crippen LogP contribution >= 0.6 is 34.8 Å². The summed E-state index contributed by atoms with van der Waals surface area (Å²) in [4.78, 5) is 8.66. The molecule has 1 atom stereocenters. The van der Waals surface area contributed by atoms with E-state index in [2.05, 4.69) is 15.3 Å². The van der Waals surface area contributed by atoms with Gasteiger partial charge in [-0.3, -0.25) is 4.98 Å². The number of halogens is 3. The molecule has 2 aromatic carbocycles. The predicted molar refractivity (Wildman–Crippen MR) is 121 cm³/mol. The number of phenolic OH excluding ortho intramolecular Hbond substituents is 1. The van der Waals surface area contributed by atoms with Crippen LogP contribution in [0.3, 0.4) is 0 Å². The van der Waals surface area contributed by atoms with Crippen LogP contribution in [0.1, 0.15) is 17.2 Å². The minimum absolute atomic E-state index is 0.0506. The van der Waals surface area contributed by atoms with Crippen LogP contribution in [0.5, 0.6) is 11.5 Å². The molecular weight excluding hydrogens is 445 g/mol. The van der Waals surface area contributed by atoms with Crippen LogP contribution in [0.15, 0.2) is 60.9 Å². The highest BCUT2D eigenvalue weighted by Crippen LogP contribution is 2.39. The number of fused-ring (bicyclic) bond motifs is 1. The number of pyridine rings is 2. The highest BCUT2D eigenvalue weighted by Gasteiger charge is 2.23. The molecule has 0 aliphatic heterocycles. The lowest BCUT2D eigenvalue weighted by Gasteiger charge is -2.23. The first-order valence-electron chi connectivity index (χ1n) is 8.95. The van der Waals surface area contributed by atoms with Gasteiger partial charge < -0.3 is 15.2 Å². The highest BCUT2D eigenvalue weighted by molar-refractivity contribution is 6.34. The number of aromatic nitrogens is 2. The summed E-state index contributed by atoms with van der Waals surface area (Å²) in [5, 5.41) is 16.6. The Hall–Kier alpha value is -2.73. The second kappa shape index (κ2) is 8.56. The maximum atomic E-state index is 11.0. The first-order valence-corrected chi connectivity index (χ1v) is 10.1. The molecule has 152 valence electrons. The van der Waals surface area contributed by atoms with Gasteiger partial charge in [0.05, 0.1) is 18.2 Å². The molecule has 1 unspecified atom stereocenters. The molecule has 0 radical (unpaired) electrons. The van der Waals surface area contributed by atoms with Gasteiger partial charge in [0.1, 0.15) is 11.3 Å². The molecule has 4 aromatic rings. The van der Waals surface area contributed by atoms with Crippen LogP contribution in [-0.2, 0) is 0 Å². The number of hydrogen-bond acceptors (Lipinski definition) is 5. The maximum absolute atomic E-state index is 11.0. The summed E-state index contributed by atoms with van der Waals surface area (Å²) in [5.74, 6) is 0.956. The van der Waals surface area contributed by atoms with Crippen LogP contribution in [0.4, 0.5) is 5.82 Å². The fraction of sp³-hybridized carbons (Fsp3) is 0.0909. The second-order valence-corrected chi connectivity index (χ2v) is 7.87. The third-order valence-corrected chi connectivity index (χ3v) is 5.27.